The number of carbonyl (C=O) groups is 1. The zero-order chi connectivity index (χ0) is 13.1. The topological polar surface area (TPSA) is 58.2 Å². The van der Waals surface area contributed by atoms with Crippen LogP contribution in [0.3, 0.4) is 0 Å². The largest absolute Gasteiger partial charge is 0.596 e. The summed E-state index contributed by atoms with van der Waals surface area (Å²) in [5, 5.41) is 11.6. The van der Waals surface area contributed by atoms with E-state index in [-0.39, 0.29) is 5.78 Å². The van der Waals surface area contributed by atoms with Crippen molar-refractivity contribution in [1.82, 2.24) is 4.68 Å². The molecule has 0 radical (unpaired) electrons. The highest BCUT2D eigenvalue weighted by Gasteiger charge is 2.14. The molecule has 0 atom stereocenters. The first-order valence-electron chi connectivity index (χ1n) is 5.54. The molecule has 1 aromatic heterocycles. The smallest absolute Gasteiger partial charge is 0.209 e. The Morgan fingerprint density at radius 3 is 2.56 bits per heavy atom. The first-order valence-corrected chi connectivity index (χ1v) is 5.54. The Morgan fingerprint density at radius 1 is 1.33 bits per heavy atom. The first-order chi connectivity index (χ1) is 8.61. The van der Waals surface area contributed by atoms with Crippen molar-refractivity contribution in [3.63, 3.8) is 0 Å². The molecule has 0 aliphatic heterocycles. The van der Waals surface area contributed by atoms with E-state index in [1.807, 2.05) is 24.3 Å². The van der Waals surface area contributed by atoms with Gasteiger partial charge in [0.2, 0.25) is 6.20 Å². The fraction of sp³-hybridized carbons (Fsp3) is 0.231. The van der Waals surface area contributed by atoms with Crippen LogP contribution < -0.4 is 9.58 Å². The highest BCUT2D eigenvalue weighted by Crippen LogP contribution is 2.12. The molecular weight excluding hydrogens is 232 g/mol. The molecule has 0 N–H and O–H groups in total. The summed E-state index contributed by atoms with van der Waals surface area (Å²) in [5.41, 5.74) is 1.33. The van der Waals surface area contributed by atoms with E-state index in [2.05, 4.69) is 0 Å². The van der Waals surface area contributed by atoms with E-state index in [9.17, 15) is 10.0 Å². The molecule has 0 bridgehead atoms. The predicted molar refractivity (Wildman–Crippen MR) is 65.5 cm³/mol. The van der Waals surface area contributed by atoms with Crippen molar-refractivity contribution in [2.45, 2.75) is 13.5 Å². The molecule has 0 spiro atoms. The van der Waals surface area contributed by atoms with Crippen molar-refractivity contribution >= 4 is 5.78 Å². The highest BCUT2D eigenvalue weighted by molar-refractivity contribution is 5.92. The number of methoxy groups -OCH3 is 1. The standard InChI is InChI=1S/C13H14N2O3/c1-10(16)13-7-8-15(17)14(13)9-11-3-5-12(18-2)6-4-11/h3-8H,9H2,1-2H3. The third-order valence-electron chi connectivity index (χ3n) is 2.73. The molecule has 0 amide bonds. The molecule has 0 aliphatic rings. The summed E-state index contributed by atoms with van der Waals surface area (Å²) in [6.45, 7) is 1.80. The Balaban J connectivity index is 2.27. The van der Waals surface area contributed by atoms with Gasteiger partial charge in [-0.1, -0.05) is 17.0 Å². The third kappa shape index (κ3) is 2.34. The van der Waals surface area contributed by atoms with Crippen LogP contribution >= 0.6 is 0 Å². The van der Waals surface area contributed by atoms with Crippen LogP contribution in [-0.2, 0) is 6.54 Å². The Labute approximate surface area is 105 Å². The summed E-state index contributed by atoms with van der Waals surface area (Å²) in [6.07, 6.45) is 1.33. The number of benzene rings is 1. The molecule has 0 aliphatic carbocycles. The normalized spacial score (nSPS) is 10.3. The molecule has 0 saturated carbocycles. The van der Waals surface area contributed by atoms with Gasteiger partial charge in [-0.2, -0.15) is 0 Å². The summed E-state index contributed by atoms with van der Waals surface area (Å²) < 4.78 is 6.46. The van der Waals surface area contributed by atoms with Gasteiger partial charge in [0.1, 0.15) is 18.0 Å². The summed E-state index contributed by atoms with van der Waals surface area (Å²) in [6, 6.07) is 8.90. The zero-order valence-corrected chi connectivity index (χ0v) is 10.3. The molecule has 1 aromatic carbocycles. The Kier molecular flexibility index (Phi) is 3.32. The van der Waals surface area contributed by atoms with Crippen LogP contribution in [0.25, 0.3) is 0 Å². The van der Waals surface area contributed by atoms with Crippen molar-refractivity contribution < 1.29 is 14.4 Å². The summed E-state index contributed by atoms with van der Waals surface area (Å²) in [5.74, 6) is 0.631. The summed E-state index contributed by atoms with van der Waals surface area (Å²) in [7, 11) is 1.60. The lowest BCUT2D eigenvalue weighted by Crippen LogP contribution is -2.38. The van der Waals surface area contributed by atoms with E-state index in [4.69, 9.17) is 4.74 Å². The van der Waals surface area contributed by atoms with Gasteiger partial charge in [-0.15, -0.1) is 4.68 Å². The van der Waals surface area contributed by atoms with Crippen molar-refractivity contribution in [3.05, 3.63) is 53.0 Å². The second-order valence-corrected chi connectivity index (χ2v) is 3.97. The van der Waals surface area contributed by atoms with E-state index in [0.717, 1.165) is 11.3 Å². The lowest BCUT2D eigenvalue weighted by atomic mass is 10.2. The number of hydrogen-bond donors (Lipinski definition) is 0. The monoisotopic (exact) mass is 246 g/mol. The third-order valence-corrected chi connectivity index (χ3v) is 2.73. The van der Waals surface area contributed by atoms with E-state index in [1.165, 1.54) is 23.9 Å². The van der Waals surface area contributed by atoms with Gasteiger partial charge >= 0.3 is 0 Å². The summed E-state index contributed by atoms with van der Waals surface area (Å²) in [4.78, 5) is 12.0. The van der Waals surface area contributed by atoms with Crippen LogP contribution in [0.1, 0.15) is 23.0 Å². The van der Waals surface area contributed by atoms with Gasteiger partial charge in [0.15, 0.2) is 5.78 Å². The van der Waals surface area contributed by atoms with Crippen molar-refractivity contribution in [1.29, 1.82) is 0 Å². The molecule has 94 valence electrons. The highest BCUT2D eigenvalue weighted by atomic mass is 16.5. The lowest BCUT2D eigenvalue weighted by Gasteiger charge is -2.07. The maximum Gasteiger partial charge on any atom is 0.209 e. The molecule has 5 heteroatoms. The molecule has 18 heavy (non-hydrogen) atoms. The molecule has 0 fully saturated rings. The van der Waals surface area contributed by atoms with Crippen LogP contribution in [0.2, 0.25) is 0 Å². The van der Waals surface area contributed by atoms with Crippen LogP contribution in [0, 0.1) is 5.21 Å². The Bertz CT molecular complexity index is 558. The van der Waals surface area contributed by atoms with Gasteiger partial charge in [-0.3, -0.25) is 4.79 Å². The van der Waals surface area contributed by atoms with Crippen molar-refractivity contribution in [3.8, 4) is 5.75 Å². The first kappa shape index (κ1) is 12.2. The second kappa shape index (κ2) is 4.91. The SMILES string of the molecule is COc1ccc(Cn2c(C(C)=O)cc[n+]2[O-])cc1. The summed E-state index contributed by atoms with van der Waals surface area (Å²) >= 11 is 0. The van der Waals surface area contributed by atoms with Gasteiger partial charge < -0.3 is 9.94 Å². The molecule has 2 rings (SSSR count). The predicted octanol–water partition coefficient (Wildman–Crippen LogP) is 1.38. The van der Waals surface area contributed by atoms with Gasteiger partial charge in [0, 0.05) is 13.0 Å². The zero-order valence-electron chi connectivity index (χ0n) is 10.3. The van der Waals surface area contributed by atoms with Gasteiger partial charge in [-0.05, 0) is 17.7 Å². The average Bonchev–Trinajstić information content (AvgIpc) is 2.72. The molecular formula is C13H14N2O3. The number of ketones is 1. The van der Waals surface area contributed by atoms with Crippen molar-refractivity contribution in [2.75, 3.05) is 7.11 Å². The fourth-order valence-corrected chi connectivity index (χ4v) is 1.76. The lowest BCUT2D eigenvalue weighted by molar-refractivity contribution is -0.693. The number of rotatable bonds is 4. The molecule has 5 nitrogen and oxygen atoms in total. The quantitative estimate of drug-likeness (QED) is 0.465. The van der Waals surface area contributed by atoms with Crippen LogP contribution in [0.5, 0.6) is 5.75 Å². The maximum atomic E-state index is 11.6. The molecule has 2 aromatic rings. The van der Waals surface area contributed by atoms with E-state index in [0.29, 0.717) is 17.1 Å². The van der Waals surface area contributed by atoms with Crippen molar-refractivity contribution in [2.24, 2.45) is 0 Å². The Hall–Kier alpha value is -2.30. The van der Waals surface area contributed by atoms with Gasteiger partial charge in [0.25, 0.3) is 0 Å². The van der Waals surface area contributed by atoms with Crippen LogP contribution in [-0.4, -0.2) is 17.6 Å². The number of nitrogens with zero attached hydrogens (tertiary/aromatic N) is 2. The van der Waals surface area contributed by atoms with Crippen LogP contribution in [0.15, 0.2) is 36.5 Å². The van der Waals surface area contributed by atoms with Crippen LogP contribution in [0.4, 0.5) is 0 Å². The molecule has 0 saturated heterocycles. The average molecular weight is 246 g/mol. The fourth-order valence-electron chi connectivity index (χ4n) is 1.76. The minimum Gasteiger partial charge on any atom is -0.596 e. The number of carbonyl (C=O) groups excluding carboxylic acids is 1. The van der Waals surface area contributed by atoms with Gasteiger partial charge in [-0.25, -0.2) is 0 Å². The number of Topliss-reactive ketones (excluding diaryl/α,β-unsaturated/α-hetero) is 1. The maximum absolute atomic E-state index is 11.6. The number of aromatic nitrogens is 2. The van der Waals surface area contributed by atoms with E-state index in [1.54, 1.807) is 7.11 Å². The van der Waals surface area contributed by atoms with Gasteiger partial charge in [0.05, 0.1) is 7.11 Å². The minimum atomic E-state index is -0.127. The molecule has 1 heterocycles. The number of hydrogen-bond acceptors (Lipinski definition) is 3. The number of ether oxygens (including phenoxy) is 1. The Morgan fingerprint density at radius 2 is 2.00 bits per heavy atom. The van der Waals surface area contributed by atoms with E-state index < -0.39 is 0 Å². The minimum absolute atomic E-state index is 0.127. The van der Waals surface area contributed by atoms with E-state index >= 15 is 0 Å². The second-order valence-electron chi connectivity index (χ2n) is 3.97. The molecule has 0 unspecified atom stereocenters.